The largest absolute Gasteiger partial charge is 0.468 e. The van der Waals surface area contributed by atoms with E-state index in [4.69, 9.17) is 11.6 Å². The lowest BCUT2D eigenvalue weighted by Crippen LogP contribution is -2.14. The SMILES string of the molecule is COC(=O)CSC(Br)C(=O)c1ccc(C)cc1Cl. The van der Waals surface area contributed by atoms with Crippen LogP contribution in [0, 0.1) is 6.92 Å². The van der Waals surface area contributed by atoms with Gasteiger partial charge in [0.25, 0.3) is 0 Å². The number of rotatable bonds is 5. The molecule has 0 saturated carbocycles. The predicted molar refractivity (Wildman–Crippen MR) is 77.7 cm³/mol. The second-order valence-electron chi connectivity index (χ2n) is 3.55. The summed E-state index contributed by atoms with van der Waals surface area (Å²) in [5, 5.41) is 0.420. The Bertz CT molecular complexity index is 465. The smallest absolute Gasteiger partial charge is 0.315 e. The first-order valence-electron chi connectivity index (χ1n) is 5.08. The molecule has 3 nitrogen and oxygen atoms in total. The molecule has 1 rings (SSSR count). The van der Waals surface area contributed by atoms with Crippen LogP contribution in [0.3, 0.4) is 0 Å². The zero-order valence-electron chi connectivity index (χ0n) is 9.91. The normalized spacial score (nSPS) is 12.0. The lowest BCUT2D eigenvalue weighted by Gasteiger charge is -2.09. The van der Waals surface area contributed by atoms with Crippen molar-refractivity contribution in [3.8, 4) is 0 Å². The Balaban J connectivity index is 2.71. The molecule has 0 N–H and O–H groups in total. The van der Waals surface area contributed by atoms with Crippen molar-refractivity contribution >= 4 is 51.0 Å². The van der Waals surface area contributed by atoms with E-state index in [1.807, 2.05) is 13.0 Å². The van der Waals surface area contributed by atoms with Crippen LogP contribution >= 0.6 is 39.3 Å². The monoisotopic (exact) mass is 350 g/mol. The van der Waals surface area contributed by atoms with Crippen molar-refractivity contribution in [2.45, 2.75) is 11.1 Å². The van der Waals surface area contributed by atoms with Crippen LogP contribution in [-0.4, -0.2) is 28.8 Å². The van der Waals surface area contributed by atoms with Gasteiger partial charge in [0, 0.05) is 5.56 Å². The van der Waals surface area contributed by atoms with Crippen molar-refractivity contribution in [2.24, 2.45) is 0 Å². The van der Waals surface area contributed by atoms with E-state index in [2.05, 4.69) is 20.7 Å². The number of Topliss-reactive ketones (excluding diaryl/α,β-unsaturated/α-hetero) is 1. The highest BCUT2D eigenvalue weighted by atomic mass is 79.9. The number of benzene rings is 1. The van der Waals surface area contributed by atoms with E-state index < -0.39 is 4.16 Å². The minimum absolute atomic E-state index is 0.113. The molecule has 1 atom stereocenters. The van der Waals surface area contributed by atoms with Crippen molar-refractivity contribution < 1.29 is 14.3 Å². The van der Waals surface area contributed by atoms with Crippen molar-refractivity contribution in [2.75, 3.05) is 12.9 Å². The molecule has 1 aromatic carbocycles. The lowest BCUT2D eigenvalue weighted by atomic mass is 10.1. The number of aryl methyl sites for hydroxylation is 1. The van der Waals surface area contributed by atoms with Crippen LogP contribution in [-0.2, 0) is 9.53 Å². The number of carbonyl (C=O) groups is 2. The summed E-state index contributed by atoms with van der Waals surface area (Å²) < 4.78 is 3.99. The molecule has 0 aliphatic heterocycles. The maximum atomic E-state index is 12.1. The van der Waals surface area contributed by atoms with Gasteiger partial charge < -0.3 is 4.74 Å². The average Bonchev–Trinajstić information content (AvgIpc) is 2.34. The molecule has 0 aliphatic carbocycles. The van der Waals surface area contributed by atoms with Gasteiger partial charge in [-0.05, 0) is 24.6 Å². The Morgan fingerprint density at radius 1 is 1.50 bits per heavy atom. The summed E-state index contributed by atoms with van der Waals surface area (Å²) >= 11 is 10.4. The molecule has 0 saturated heterocycles. The highest BCUT2D eigenvalue weighted by Gasteiger charge is 2.21. The molecule has 18 heavy (non-hydrogen) atoms. The fraction of sp³-hybridized carbons (Fsp3) is 0.333. The second kappa shape index (κ2) is 7.16. The van der Waals surface area contributed by atoms with Gasteiger partial charge in [-0.3, -0.25) is 9.59 Å². The van der Waals surface area contributed by atoms with Crippen LogP contribution in [0.5, 0.6) is 0 Å². The summed E-state index contributed by atoms with van der Waals surface area (Å²) in [4.78, 5) is 23.1. The van der Waals surface area contributed by atoms with Crippen molar-refractivity contribution in [1.29, 1.82) is 0 Å². The van der Waals surface area contributed by atoms with Gasteiger partial charge in [-0.2, -0.15) is 0 Å². The number of ketones is 1. The fourth-order valence-corrected chi connectivity index (χ4v) is 2.87. The Kier molecular flexibility index (Phi) is 6.18. The lowest BCUT2D eigenvalue weighted by molar-refractivity contribution is -0.137. The van der Waals surface area contributed by atoms with Gasteiger partial charge in [0.15, 0.2) is 5.78 Å². The molecular formula is C12H12BrClO3S. The Hall–Kier alpha value is -0.520. The molecule has 0 amide bonds. The van der Waals surface area contributed by atoms with E-state index >= 15 is 0 Å². The molecule has 0 aliphatic rings. The van der Waals surface area contributed by atoms with Crippen LogP contribution in [0.1, 0.15) is 15.9 Å². The zero-order valence-corrected chi connectivity index (χ0v) is 13.1. The van der Waals surface area contributed by atoms with E-state index in [1.165, 1.54) is 7.11 Å². The van der Waals surface area contributed by atoms with Crippen LogP contribution in [0.15, 0.2) is 18.2 Å². The summed E-state index contributed by atoms with van der Waals surface area (Å²) in [5.74, 6) is -0.414. The average molecular weight is 352 g/mol. The molecule has 0 spiro atoms. The highest BCUT2D eigenvalue weighted by Crippen LogP contribution is 2.26. The number of hydrogen-bond acceptors (Lipinski definition) is 4. The summed E-state index contributed by atoms with van der Waals surface area (Å²) in [6, 6.07) is 5.25. The molecule has 0 aromatic heterocycles. The zero-order chi connectivity index (χ0) is 13.7. The molecule has 1 aromatic rings. The van der Waals surface area contributed by atoms with Crippen molar-refractivity contribution in [3.05, 3.63) is 34.3 Å². The van der Waals surface area contributed by atoms with E-state index in [0.29, 0.717) is 10.6 Å². The summed E-state index contributed by atoms with van der Waals surface area (Å²) in [5.41, 5.74) is 1.44. The summed E-state index contributed by atoms with van der Waals surface area (Å²) in [7, 11) is 1.31. The molecule has 0 radical (unpaired) electrons. The molecule has 1 unspecified atom stereocenters. The van der Waals surface area contributed by atoms with Gasteiger partial charge in [-0.1, -0.05) is 33.6 Å². The number of ether oxygens (including phenoxy) is 1. The summed E-state index contributed by atoms with van der Waals surface area (Å²) in [6.07, 6.45) is 0. The first kappa shape index (κ1) is 15.5. The summed E-state index contributed by atoms with van der Waals surface area (Å²) in [6.45, 7) is 1.90. The third-order valence-electron chi connectivity index (χ3n) is 2.17. The van der Waals surface area contributed by atoms with Gasteiger partial charge in [-0.15, -0.1) is 11.8 Å². The third kappa shape index (κ3) is 4.30. The first-order valence-corrected chi connectivity index (χ1v) is 7.42. The van der Waals surface area contributed by atoms with E-state index in [1.54, 1.807) is 12.1 Å². The molecular weight excluding hydrogens is 340 g/mol. The topological polar surface area (TPSA) is 43.4 Å². The van der Waals surface area contributed by atoms with Gasteiger partial charge in [0.2, 0.25) is 0 Å². The Morgan fingerprint density at radius 2 is 2.17 bits per heavy atom. The molecule has 6 heteroatoms. The second-order valence-corrected chi connectivity index (χ2v) is 6.57. The standard InChI is InChI=1S/C12H12BrClO3S/c1-7-3-4-8(9(14)5-7)11(16)12(13)18-6-10(15)17-2/h3-5,12H,6H2,1-2H3. The minimum atomic E-state index is -0.517. The molecule has 0 bridgehead atoms. The van der Waals surface area contributed by atoms with Crippen LogP contribution in [0.25, 0.3) is 0 Å². The maximum absolute atomic E-state index is 12.1. The Labute approximate surface area is 123 Å². The number of carbonyl (C=O) groups excluding carboxylic acids is 2. The van der Waals surface area contributed by atoms with Crippen LogP contribution in [0.4, 0.5) is 0 Å². The molecule has 98 valence electrons. The fourth-order valence-electron chi connectivity index (χ4n) is 1.22. The van der Waals surface area contributed by atoms with Crippen molar-refractivity contribution in [1.82, 2.24) is 0 Å². The predicted octanol–water partition coefficient (Wildman–Crippen LogP) is 3.46. The van der Waals surface area contributed by atoms with Gasteiger partial charge >= 0.3 is 5.97 Å². The van der Waals surface area contributed by atoms with E-state index in [9.17, 15) is 9.59 Å². The van der Waals surface area contributed by atoms with Gasteiger partial charge in [0.05, 0.1) is 17.9 Å². The Morgan fingerprint density at radius 3 is 2.72 bits per heavy atom. The van der Waals surface area contributed by atoms with E-state index in [-0.39, 0.29) is 17.5 Å². The number of esters is 1. The number of thioether (sulfide) groups is 1. The highest BCUT2D eigenvalue weighted by molar-refractivity contribution is 9.11. The maximum Gasteiger partial charge on any atom is 0.315 e. The van der Waals surface area contributed by atoms with Gasteiger partial charge in [-0.25, -0.2) is 0 Å². The van der Waals surface area contributed by atoms with E-state index in [0.717, 1.165) is 17.3 Å². The van der Waals surface area contributed by atoms with Crippen LogP contribution < -0.4 is 0 Å². The van der Waals surface area contributed by atoms with Crippen molar-refractivity contribution in [3.63, 3.8) is 0 Å². The minimum Gasteiger partial charge on any atom is -0.468 e. The molecule has 0 heterocycles. The molecule has 0 fully saturated rings. The first-order chi connectivity index (χ1) is 8.45. The quantitative estimate of drug-likeness (QED) is 0.463. The third-order valence-corrected chi connectivity index (χ3v) is 4.60. The van der Waals surface area contributed by atoms with Gasteiger partial charge in [0.1, 0.15) is 4.16 Å². The van der Waals surface area contributed by atoms with Crippen LogP contribution in [0.2, 0.25) is 5.02 Å². The number of alkyl halides is 1. The number of halogens is 2. The number of hydrogen-bond donors (Lipinski definition) is 0. The number of methoxy groups -OCH3 is 1.